The Morgan fingerprint density at radius 2 is 1.47 bits per heavy atom. The summed E-state index contributed by atoms with van der Waals surface area (Å²) < 4.78 is 30.4. The van der Waals surface area contributed by atoms with Crippen LogP contribution >= 0.6 is 0 Å². The SMILES string of the molecule is Cc1cncc(C)c1N1CCN2C(=O)N(c3c(F)cc(C#Cc4ccccc4)cc3F)C(=O)CC2(C)C1=O. The highest BCUT2D eigenvalue weighted by Gasteiger charge is 2.56. The minimum Gasteiger partial charge on any atom is -0.308 e. The molecule has 2 aliphatic heterocycles. The second kappa shape index (κ2) is 9.38. The van der Waals surface area contributed by atoms with Gasteiger partial charge in [0.15, 0.2) is 11.6 Å². The fourth-order valence-electron chi connectivity index (χ4n) is 5.10. The smallest absolute Gasteiger partial charge is 0.308 e. The molecule has 7 nitrogen and oxygen atoms in total. The number of fused-ring (bicyclic) bond motifs is 1. The zero-order chi connectivity index (χ0) is 27.2. The zero-order valence-electron chi connectivity index (χ0n) is 21.1. The molecule has 9 heteroatoms. The van der Waals surface area contributed by atoms with E-state index in [4.69, 9.17) is 0 Å². The Hall–Kier alpha value is -4.58. The molecule has 192 valence electrons. The molecular weight excluding hydrogens is 490 g/mol. The number of nitrogens with zero attached hydrogens (tertiary/aromatic N) is 4. The number of benzene rings is 2. The van der Waals surface area contributed by atoms with Gasteiger partial charge >= 0.3 is 6.03 Å². The van der Waals surface area contributed by atoms with E-state index in [2.05, 4.69) is 16.8 Å². The minimum atomic E-state index is -1.50. The van der Waals surface area contributed by atoms with Crippen molar-refractivity contribution < 1.29 is 23.2 Å². The first-order valence-corrected chi connectivity index (χ1v) is 12.1. The van der Waals surface area contributed by atoms with Crippen LogP contribution in [0.4, 0.5) is 25.0 Å². The number of pyridine rings is 1. The summed E-state index contributed by atoms with van der Waals surface area (Å²) in [5.74, 6) is 2.02. The summed E-state index contributed by atoms with van der Waals surface area (Å²) in [6.07, 6.45) is 2.86. The van der Waals surface area contributed by atoms with E-state index in [-0.39, 0.29) is 18.7 Å². The number of aryl methyl sites for hydroxylation is 2. The Bertz CT molecular complexity index is 1500. The number of urea groups is 1. The van der Waals surface area contributed by atoms with Crippen molar-refractivity contribution in [2.24, 2.45) is 0 Å². The lowest BCUT2D eigenvalue weighted by atomic mass is 9.87. The Balaban J connectivity index is 1.46. The van der Waals surface area contributed by atoms with E-state index >= 15 is 8.78 Å². The molecule has 0 aliphatic carbocycles. The molecule has 4 amide bonds. The van der Waals surface area contributed by atoms with Crippen LogP contribution in [0.5, 0.6) is 0 Å². The summed E-state index contributed by atoms with van der Waals surface area (Å²) in [6, 6.07) is 9.95. The topological polar surface area (TPSA) is 73.8 Å². The van der Waals surface area contributed by atoms with Crippen LogP contribution in [0.25, 0.3) is 0 Å². The lowest BCUT2D eigenvalue weighted by Crippen LogP contribution is -2.73. The lowest BCUT2D eigenvalue weighted by molar-refractivity contribution is -0.137. The van der Waals surface area contributed by atoms with Crippen molar-refractivity contribution in [3.05, 3.63) is 88.7 Å². The molecule has 2 saturated heterocycles. The molecule has 1 unspecified atom stereocenters. The zero-order valence-corrected chi connectivity index (χ0v) is 21.1. The first-order chi connectivity index (χ1) is 18.1. The molecule has 0 spiro atoms. The number of aromatic nitrogens is 1. The monoisotopic (exact) mass is 514 g/mol. The highest BCUT2D eigenvalue weighted by molar-refractivity contribution is 6.21. The predicted octanol–water partition coefficient (Wildman–Crippen LogP) is 4.34. The molecule has 0 bridgehead atoms. The molecule has 1 aromatic heterocycles. The third-order valence-electron chi connectivity index (χ3n) is 6.93. The van der Waals surface area contributed by atoms with Gasteiger partial charge in [-0.2, -0.15) is 0 Å². The molecule has 0 N–H and O–H groups in total. The number of anilines is 2. The van der Waals surface area contributed by atoms with Gasteiger partial charge in [0.1, 0.15) is 11.2 Å². The molecule has 2 aliphatic rings. The number of rotatable bonds is 2. The number of imide groups is 1. The molecule has 0 saturated carbocycles. The van der Waals surface area contributed by atoms with Crippen LogP contribution in [0.3, 0.4) is 0 Å². The van der Waals surface area contributed by atoms with Crippen molar-refractivity contribution in [2.75, 3.05) is 22.9 Å². The fraction of sp³-hybridized carbons (Fsp3) is 0.241. The number of carbonyl (C=O) groups is 3. The first-order valence-electron chi connectivity index (χ1n) is 12.1. The average molecular weight is 515 g/mol. The van der Waals surface area contributed by atoms with Gasteiger partial charge in [-0.3, -0.25) is 14.6 Å². The quantitative estimate of drug-likeness (QED) is 0.477. The van der Waals surface area contributed by atoms with Crippen molar-refractivity contribution in [3.8, 4) is 11.8 Å². The number of halogens is 2. The number of hydrogen-bond acceptors (Lipinski definition) is 4. The van der Waals surface area contributed by atoms with E-state index in [1.807, 2.05) is 19.9 Å². The van der Waals surface area contributed by atoms with E-state index in [1.165, 1.54) is 11.8 Å². The maximum Gasteiger partial charge on any atom is 0.332 e. The van der Waals surface area contributed by atoms with Gasteiger partial charge in [0.2, 0.25) is 5.91 Å². The molecule has 2 aromatic carbocycles. The van der Waals surface area contributed by atoms with Crippen molar-refractivity contribution in [1.82, 2.24) is 9.88 Å². The van der Waals surface area contributed by atoms with Crippen LogP contribution in [0.1, 0.15) is 35.6 Å². The van der Waals surface area contributed by atoms with Crippen molar-refractivity contribution in [2.45, 2.75) is 32.7 Å². The van der Waals surface area contributed by atoms with Gasteiger partial charge < -0.3 is 9.80 Å². The summed E-state index contributed by atoms with van der Waals surface area (Å²) in [5.41, 5.74) is 0.690. The standard InChI is InChI=1S/C29H24F2N4O3/c1-18-16-32-17-19(2)25(18)33-11-12-34-28(38)35(24(36)15-29(34,3)27(33)37)26-22(30)13-21(14-23(26)31)10-9-20-7-5-4-6-8-20/h4-8,13-14,16-17H,11-12,15H2,1-3H3. The van der Waals surface area contributed by atoms with Gasteiger partial charge in [-0.1, -0.05) is 30.0 Å². The first kappa shape index (κ1) is 25.1. The highest BCUT2D eigenvalue weighted by atomic mass is 19.1. The minimum absolute atomic E-state index is 0.0567. The molecule has 0 radical (unpaired) electrons. The number of carbonyl (C=O) groups excluding carboxylic acids is 3. The Morgan fingerprint density at radius 1 is 0.868 bits per heavy atom. The summed E-state index contributed by atoms with van der Waals surface area (Å²) in [4.78, 5) is 47.8. The maximum absolute atomic E-state index is 15.2. The van der Waals surface area contributed by atoms with E-state index in [1.54, 1.807) is 41.6 Å². The van der Waals surface area contributed by atoms with Gasteiger partial charge in [0.05, 0.1) is 12.1 Å². The van der Waals surface area contributed by atoms with Crippen LogP contribution < -0.4 is 9.80 Å². The molecular formula is C29H24F2N4O3. The normalized spacial score (nSPS) is 19.3. The molecule has 38 heavy (non-hydrogen) atoms. The van der Waals surface area contributed by atoms with Gasteiger partial charge in [0, 0.05) is 36.6 Å². The molecule has 2 fully saturated rings. The third-order valence-corrected chi connectivity index (χ3v) is 6.93. The Kier molecular flexibility index (Phi) is 6.19. The van der Waals surface area contributed by atoms with E-state index in [9.17, 15) is 14.4 Å². The number of amides is 4. The Labute approximate surface area is 218 Å². The van der Waals surface area contributed by atoms with Crippen molar-refractivity contribution >= 4 is 29.2 Å². The second-order valence-electron chi connectivity index (χ2n) is 9.60. The van der Waals surface area contributed by atoms with Crippen molar-refractivity contribution in [3.63, 3.8) is 0 Å². The van der Waals surface area contributed by atoms with Crippen LogP contribution in [0, 0.1) is 37.3 Å². The van der Waals surface area contributed by atoms with E-state index in [0.29, 0.717) is 16.2 Å². The molecule has 5 rings (SSSR count). The second-order valence-corrected chi connectivity index (χ2v) is 9.60. The van der Waals surface area contributed by atoms with Crippen LogP contribution in [0.2, 0.25) is 0 Å². The van der Waals surface area contributed by atoms with Gasteiger partial charge in [-0.05, 0) is 56.2 Å². The maximum atomic E-state index is 15.2. The summed E-state index contributed by atoms with van der Waals surface area (Å²) in [5, 5.41) is 0. The van der Waals surface area contributed by atoms with Gasteiger partial charge in [-0.15, -0.1) is 0 Å². The molecule has 3 aromatic rings. The van der Waals surface area contributed by atoms with Gasteiger partial charge in [0.25, 0.3) is 5.91 Å². The van der Waals surface area contributed by atoms with Crippen LogP contribution in [-0.4, -0.2) is 46.4 Å². The molecule has 1 atom stereocenters. The number of hydrogen-bond donors (Lipinski definition) is 0. The lowest BCUT2D eigenvalue weighted by Gasteiger charge is -2.51. The third kappa shape index (κ3) is 4.08. The predicted molar refractivity (Wildman–Crippen MR) is 137 cm³/mol. The van der Waals surface area contributed by atoms with Gasteiger partial charge in [-0.25, -0.2) is 18.5 Å². The average Bonchev–Trinajstić information content (AvgIpc) is 2.87. The summed E-state index contributed by atoms with van der Waals surface area (Å²) in [7, 11) is 0. The Morgan fingerprint density at radius 3 is 2.11 bits per heavy atom. The fourth-order valence-corrected chi connectivity index (χ4v) is 5.10. The van der Waals surface area contributed by atoms with E-state index < -0.39 is 47.1 Å². The van der Waals surface area contributed by atoms with Crippen LogP contribution in [0.15, 0.2) is 54.9 Å². The molecule has 3 heterocycles. The number of piperazine rings is 1. The highest BCUT2D eigenvalue weighted by Crippen LogP contribution is 2.39. The van der Waals surface area contributed by atoms with E-state index in [0.717, 1.165) is 23.3 Å². The van der Waals surface area contributed by atoms with Crippen molar-refractivity contribution in [1.29, 1.82) is 0 Å². The van der Waals surface area contributed by atoms with Crippen LogP contribution in [-0.2, 0) is 9.59 Å². The largest absolute Gasteiger partial charge is 0.332 e. The summed E-state index contributed by atoms with van der Waals surface area (Å²) in [6.45, 7) is 5.41. The summed E-state index contributed by atoms with van der Waals surface area (Å²) >= 11 is 0.